The Morgan fingerprint density at radius 2 is 1.95 bits per heavy atom. The van der Waals surface area contributed by atoms with E-state index < -0.39 is 19.3 Å². The number of alkyl halides is 1. The lowest BCUT2D eigenvalue weighted by Crippen LogP contribution is -2.47. The molecule has 0 unspecified atom stereocenters. The molecule has 0 aromatic rings. The number of esters is 1. The lowest BCUT2D eigenvalue weighted by atomic mass is 9.93. The first kappa shape index (κ1) is 19.7. The minimum absolute atomic E-state index is 0.0693. The molecule has 5 heteroatoms. The summed E-state index contributed by atoms with van der Waals surface area (Å²) in [6.07, 6.45) is 2.98. The van der Waals surface area contributed by atoms with Crippen LogP contribution in [0.2, 0.25) is 18.1 Å². The first-order chi connectivity index (χ1) is 9.91. The summed E-state index contributed by atoms with van der Waals surface area (Å²) >= 11 is 3.41. The molecule has 1 fully saturated rings. The monoisotopic (exact) mass is 388 g/mol. The molecule has 22 heavy (non-hydrogen) atoms. The Labute approximate surface area is 144 Å². The van der Waals surface area contributed by atoms with Crippen LogP contribution in [0.1, 0.15) is 33.6 Å². The van der Waals surface area contributed by atoms with Gasteiger partial charge in [-0.25, -0.2) is 0 Å². The highest BCUT2D eigenvalue weighted by Gasteiger charge is 2.73. The molecule has 1 aliphatic rings. The lowest BCUT2D eigenvalue weighted by molar-refractivity contribution is -0.149. The van der Waals surface area contributed by atoms with Gasteiger partial charge in [0.1, 0.15) is 5.41 Å². The second-order valence-corrected chi connectivity index (χ2v) is 13.1. The molecule has 0 radical (unpaired) electrons. The average molecular weight is 389 g/mol. The zero-order valence-electron chi connectivity index (χ0n) is 14.7. The molecular formula is C17H29BrO3Si. The number of halogens is 1. The highest BCUT2D eigenvalue weighted by molar-refractivity contribution is 9.09. The first-order valence-electron chi connectivity index (χ1n) is 7.56. The molecule has 0 aliphatic heterocycles. The van der Waals surface area contributed by atoms with E-state index in [1.54, 1.807) is 6.08 Å². The topological polar surface area (TPSA) is 35.5 Å². The summed E-state index contributed by atoms with van der Waals surface area (Å²) in [5.41, 5.74) is -0.342. The number of hydrogen-bond acceptors (Lipinski definition) is 3. The highest BCUT2D eigenvalue weighted by Crippen LogP contribution is 2.65. The summed E-state index contributed by atoms with van der Waals surface area (Å²) in [4.78, 5) is 12.5. The van der Waals surface area contributed by atoms with Crippen molar-refractivity contribution in [2.45, 2.75) is 57.3 Å². The second kappa shape index (κ2) is 6.25. The molecule has 0 bridgehead atoms. The zero-order valence-corrected chi connectivity index (χ0v) is 17.3. The van der Waals surface area contributed by atoms with E-state index in [-0.39, 0.29) is 11.0 Å². The molecule has 0 spiro atoms. The van der Waals surface area contributed by atoms with Gasteiger partial charge < -0.3 is 9.16 Å². The van der Waals surface area contributed by atoms with Crippen molar-refractivity contribution in [2.24, 2.45) is 5.41 Å². The van der Waals surface area contributed by atoms with Crippen LogP contribution in [0.15, 0.2) is 24.8 Å². The van der Waals surface area contributed by atoms with Gasteiger partial charge in [0.25, 0.3) is 0 Å². The Morgan fingerprint density at radius 3 is 2.32 bits per heavy atom. The number of methoxy groups -OCH3 is 1. The lowest BCUT2D eigenvalue weighted by Gasteiger charge is -2.40. The molecule has 0 saturated heterocycles. The van der Waals surface area contributed by atoms with Crippen LogP contribution in [0.5, 0.6) is 0 Å². The maximum absolute atomic E-state index is 12.5. The third kappa shape index (κ3) is 3.26. The fraction of sp³-hybridized carbons (Fsp3) is 0.706. The van der Waals surface area contributed by atoms with Crippen molar-refractivity contribution in [3.8, 4) is 0 Å². The van der Waals surface area contributed by atoms with Crippen LogP contribution in [0, 0.1) is 5.41 Å². The van der Waals surface area contributed by atoms with Crippen LogP contribution >= 0.6 is 15.9 Å². The van der Waals surface area contributed by atoms with Crippen molar-refractivity contribution in [3.05, 3.63) is 24.8 Å². The molecule has 2 atom stereocenters. The third-order valence-electron chi connectivity index (χ3n) is 5.14. The molecule has 3 nitrogen and oxygen atoms in total. The largest absolute Gasteiger partial charge is 0.468 e. The molecule has 126 valence electrons. The second-order valence-electron chi connectivity index (χ2n) is 7.77. The molecule has 1 rings (SSSR count). The number of carbonyl (C=O) groups excluding carboxylic acids is 1. The van der Waals surface area contributed by atoms with Gasteiger partial charge in [-0.1, -0.05) is 54.9 Å². The number of rotatable bonds is 7. The van der Waals surface area contributed by atoms with Gasteiger partial charge in [0, 0.05) is 5.33 Å². The molecule has 0 aromatic carbocycles. The molecule has 0 aromatic heterocycles. The van der Waals surface area contributed by atoms with Gasteiger partial charge in [-0.2, -0.15) is 0 Å². The van der Waals surface area contributed by atoms with Crippen molar-refractivity contribution in [1.82, 2.24) is 0 Å². The van der Waals surface area contributed by atoms with Crippen LogP contribution in [0.25, 0.3) is 0 Å². The Balaban J connectivity index is 3.16. The third-order valence-corrected chi connectivity index (χ3v) is 10.4. The van der Waals surface area contributed by atoms with Gasteiger partial charge in [-0.15, -0.1) is 6.58 Å². The van der Waals surface area contributed by atoms with E-state index >= 15 is 0 Å². The van der Waals surface area contributed by atoms with Gasteiger partial charge >= 0.3 is 5.97 Å². The first-order valence-corrected chi connectivity index (χ1v) is 11.6. The van der Waals surface area contributed by atoms with Gasteiger partial charge in [0.05, 0.1) is 12.7 Å². The van der Waals surface area contributed by atoms with Crippen LogP contribution in [0.3, 0.4) is 0 Å². The fourth-order valence-corrected chi connectivity index (χ4v) is 4.42. The molecule has 0 heterocycles. The SMILES string of the molecule is C=C[C@]1(O[Si](C)(C)C(C)(C)C)C[C@]1(CC(=C)CBr)C(=O)OC. The Bertz CT molecular complexity index is 481. The van der Waals surface area contributed by atoms with Gasteiger partial charge in [-0.3, -0.25) is 4.79 Å². The standard InChI is InChI=1S/C17H29BrO3Si/c1-9-17(21-22(7,8)15(3,4)5)12-16(17,14(19)20-6)10-13(2)11-18/h9H,1-2,10-12H2,3-8H3/t16-,17+/m1/s1. The molecular weight excluding hydrogens is 360 g/mol. The maximum atomic E-state index is 12.5. The van der Waals surface area contributed by atoms with Crippen molar-refractivity contribution < 1.29 is 14.0 Å². The number of ether oxygens (including phenoxy) is 1. The molecule has 0 amide bonds. The van der Waals surface area contributed by atoms with E-state index in [0.29, 0.717) is 18.2 Å². The summed E-state index contributed by atoms with van der Waals surface area (Å²) < 4.78 is 11.7. The van der Waals surface area contributed by atoms with Crippen molar-refractivity contribution >= 4 is 30.2 Å². The molecule has 0 N–H and O–H groups in total. The van der Waals surface area contributed by atoms with Crippen molar-refractivity contribution in [2.75, 3.05) is 12.4 Å². The quantitative estimate of drug-likeness (QED) is 0.271. The van der Waals surface area contributed by atoms with E-state index in [1.165, 1.54) is 7.11 Å². The van der Waals surface area contributed by atoms with Crippen molar-refractivity contribution in [3.63, 3.8) is 0 Å². The Morgan fingerprint density at radius 1 is 1.41 bits per heavy atom. The van der Waals surface area contributed by atoms with E-state index in [4.69, 9.17) is 9.16 Å². The summed E-state index contributed by atoms with van der Waals surface area (Å²) in [6.45, 7) is 18.9. The van der Waals surface area contributed by atoms with Crippen LogP contribution in [-0.4, -0.2) is 32.3 Å². The van der Waals surface area contributed by atoms with Crippen LogP contribution < -0.4 is 0 Å². The van der Waals surface area contributed by atoms with Crippen LogP contribution in [0.4, 0.5) is 0 Å². The zero-order chi connectivity index (χ0) is 17.4. The van der Waals surface area contributed by atoms with E-state index in [1.807, 2.05) is 0 Å². The number of allylic oxidation sites excluding steroid dienone is 1. The molecule has 1 aliphatic carbocycles. The minimum Gasteiger partial charge on any atom is -0.468 e. The van der Waals surface area contributed by atoms with Gasteiger partial charge in [-0.05, 0) is 31.0 Å². The predicted octanol–water partition coefficient (Wildman–Crippen LogP) is 4.84. The highest BCUT2D eigenvalue weighted by atomic mass is 79.9. The van der Waals surface area contributed by atoms with E-state index in [2.05, 4.69) is 63.0 Å². The minimum atomic E-state index is -2.03. The van der Waals surface area contributed by atoms with E-state index in [9.17, 15) is 4.79 Å². The van der Waals surface area contributed by atoms with Crippen LogP contribution in [-0.2, 0) is 14.0 Å². The summed E-state index contributed by atoms with van der Waals surface area (Å²) in [5.74, 6) is -0.229. The van der Waals surface area contributed by atoms with Gasteiger partial charge in [0.2, 0.25) is 0 Å². The molecule has 1 saturated carbocycles. The van der Waals surface area contributed by atoms with Gasteiger partial charge in [0.15, 0.2) is 8.32 Å². The number of hydrogen-bond donors (Lipinski definition) is 0. The number of carbonyl (C=O) groups is 1. The maximum Gasteiger partial charge on any atom is 0.315 e. The van der Waals surface area contributed by atoms with Crippen molar-refractivity contribution in [1.29, 1.82) is 0 Å². The Kier molecular flexibility index (Phi) is 5.58. The van der Waals surface area contributed by atoms with E-state index in [0.717, 1.165) is 5.57 Å². The normalized spacial score (nSPS) is 28.1. The summed E-state index contributed by atoms with van der Waals surface area (Å²) in [5, 5.41) is 0.735. The fourth-order valence-electron chi connectivity index (χ4n) is 2.65. The smallest absolute Gasteiger partial charge is 0.315 e. The average Bonchev–Trinajstić information content (AvgIpc) is 3.04. The summed E-state index contributed by atoms with van der Waals surface area (Å²) in [7, 11) is -0.598. The predicted molar refractivity (Wildman–Crippen MR) is 97.8 cm³/mol. The summed E-state index contributed by atoms with van der Waals surface area (Å²) in [6, 6.07) is 0. The Hall–Kier alpha value is -0.393.